The first kappa shape index (κ1) is 24.0. The maximum atomic E-state index is 12.2. The third-order valence-corrected chi connectivity index (χ3v) is 3.23. The number of urea groups is 1. The van der Waals surface area contributed by atoms with E-state index < -0.39 is 67.0 Å². The molecule has 0 aromatic rings. The fourth-order valence-corrected chi connectivity index (χ4v) is 1.68. The monoisotopic (exact) mass is 392 g/mol. The predicted molar refractivity (Wildman–Crippen MR) is 88.3 cm³/mol. The highest BCUT2D eigenvalue weighted by molar-refractivity contribution is 5.93. The first-order valence-corrected chi connectivity index (χ1v) is 7.61. The second-order valence-corrected chi connectivity index (χ2v) is 5.55. The molecular weight excluding hydrogens is 368 g/mol. The third-order valence-electron chi connectivity index (χ3n) is 3.23. The molecule has 0 aromatic heterocycles. The Morgan fingerprint density at radius 1 is 1.11 bits per heavy atom. The summed E-state index contributed by atoms with van der Waals surface area (Å²) in [6.07, 6.45) is -1.87. The number of hydrogen-bond acceptors (Lipinski definition) is 8. The Morgan fingerprint density at radius 2 is 1.63 bits per heavy atom. The Bertz CT molecular complexity index is 583. The molecule has 0 radical (unpaired) electrons. The summed E-state index contributed by atoms with van der Waals surface area (Å²) in [6, 6.07) is -5.71. The second kappa shape index (κ2) is 10.9. The number of rotatable bonds is 9. The van der Waals surface area contributed by atoms with Crippen molar-refractivity contribution in [2.24, 2.45) is 11.5 Å². The van der Waals surface area contributed by atoms with E-state index in [0.717, 1.165) is 7.05 Å². The van der Waals surface area contributed by atoms with Crippen LogP contribution in [-0.4, -0.2) is 87.9 Å². The molecule has 0 aliphatic carbocycles. The Kier molecular flexibility index (Phi) is 9.70. The van der Waals surface area contributed by atoms with Crippen LogP contribution in [0.4, 0.5) is 4.79 Å². The highest BCUT2D eigenvalue weighted by Gasteiger charge is 2.29. The Labute approximate surface area is 153 Å². The summed E-state index contributed by atoms with van der Waals surface area (Å²) < 4.78 is 0. The number of hydrogen-bond donors (Lipinski definition) is 8. The second-order valence-electron chi connectivity index (χ2n) is 5.55. The molecule has 0 saturated heterocycles. The van der Waals surface area contributed by atoms with Crippen molar-refractivity contribution in [2.45, 2.75) is 37.6 Å². The van der Waals surface area contributed by atoms with Crippen molar-refractivity contribution in [3.63, 3.8) is 0 Å². The van der Waals surface area contributed by atoms with Crippen LogP contribution in [0.5, 0.6) is 0 Å². The van der Waals surface area contributed by atoms with E-state index in [1.807, 2.05) is 10.6 Å². The number of nitrogens with two attached hydrogens (primary N) is 2. The predicted octanol–water partition coefficient (Wildman–Crippen LogP) is -4.83. The summed E-state index contributed by atoms with van der Waals surface area (Å²) >= 11 is 0. The molecule has 1 unspecified atom stereocenters. The summed E-state index contributed by atoms with van der Waals surface area (Å²) in [7, 11) is 1.12. The Morgan fingerprint density at radius 3 is 2.04 bits per heavy atom. The number of likely N-dealkylation sites (N-methyl/N-ethyl adjacent to an activating group) is 1. The lowest BCUT2D eigenvalue weighted by Crippen LogP contribution is -2.59. The van der Waals surface area contributed by atoms with Gasteiger partial charge in [0.2, 0.25) is 5.91 Å². The molecule has 14 nitrogen and oxygen atoms in total. The molecule has 0 bridgehead atoms. The number of amides is 5. The average Bonchev–Trinajstić information content (AvgIpc) is 2.56. The zero-order valence-electron chi connectivity index (χ0n) is 14.7. The summed E-state index contributed by atoms with van der Waals surface area (Å²) in [5, 5.41) is 31.4. The molecule has 154 valence electrons. The van der Waals surface area contributed by atoms with Crippen molar-refractivity contribution in [1.29, 1.82) is 0 Å². The molecule has 0 aliphatic heterocycles. The van der Waals surface area contributed by atoms with Gasteiger partial charge in [-0.2, -0.15) is 0 Å². The normalized spacial score (nSPS) is 14.9. The standard InChI is InChI=1S/C13H24N6O8/c1-5(21)9(15)11(24)19(2)18-10(23)6(3-8(14)22)16-13(27)17-7(4-20)12(25)26/h5-7,9,20-21H,3-4,15H2,1-2H3,(H2,14,22)(H,18,23)(H,25,26)(H2,16,17,27)/t5?,6-,7-,9-/m1/s1. The van der Waals surface area contributed by atoms with Crippen LogP contribution in [0, 0.1) is 0 Å². The molecule has 0 heterocycles. The zero-order valence-corrected chi connectivity index (χ0v) is 14.7. The van der Waals surface area contributed by atoms with Crippen LogP contribution in [-0.2, 0) is 19.2 Å². The highest BCUT2D eigenvalue weighted by Crippen LogP contribution is 1.97. The minimum Gasteiger partial charge on any atom is -0.480 e. The quantitative estimate of drug-likeness (QED) is 0.175. The van der Waals surface area contributed by atoms with Crippen molar-refractivity contribution in [1.82, 2.24) is 21.1 Å². The molecule has 0 saturated carbocycles. The highest BCUT2D eigenvalue weighted by atomic mass is 16.4. The number of aliphatic carboxylic acids is 1. The van der Waals surface area contributed by atoms with E-state index in [4.69, 9.17) is 21.7 Å². The van der Waals surface area contributed by atoms with Crippen molar-refractivity contribution >= 4 is 29.7 Å². The molecule has 0 rings (SSSR count). The average molecular weight is 392 g/mol. The van der Waals surface area contributed by atoms with Gasteiger partial charge in [-0.3, -0.25) is 24.8 Å². The maximum absolute atomic E-state index is 12.2. The van der Waals surface area contributed by atoms with Gasteiger partial charge in [0.05, 0.1) is 19.1 Å². The van der Waals surface area contributed by atoms with E-state index in [9.17, 15) is 29.1 Å². The summed E-state index contributed by atoms with van der Waals surface area (Å²) in [4.78, 5) is 57.7. The van der Waals surface area contributed by atoms with E-state index in [-0.39, 0.29) is 0 Å². The number of primary amides is 1. The number of carboxylic acid groups (broad SMARTS) is 1. The van der Waals surface area contributed by atoms with Crippen LogP contribution in [0.25, 0.3) is 0 Å². The van der Waals surface area contributed by atoms with Crippen LogP contribution in [0.3, 0.4) is 0 Å². The number of carbonyl (C=O) groups excluding carboxylic acids is 4. The SMILES string of the molecule is CC(O)[C@@H](N)C(=O)N(C)NC(=O)[C@@H](CC(N)=O)NC(=O)N[C@H](CO)C(=O)O. The molecule has 10 N–H and O–H groups in total. The number of aliphatic hydroxyl groups excluding tert-OH is 2. The fourth-order valence-electron chi connectivity index (χ4n) is 1.68. The number of aliphatic hydroxyl groups is 2. The largest absolute Gasteiger partial charge is 0.480 e. The van der Waals surface area contributed by atoms with E-state index in [0.29, 0.717) is 5.01 Å². The number of nitrogens with zero attached hydrogens (tertiary/aromatic N) is 1. The van der Waals surface area contributed by atoms with Crippen molar-refractivity contribution in [2.75, 3.05) is 13.7 Å². The molecule has 5 amide bonds. The zero-order chi connectivity index (χ0) is 21.3. The van der Waals surface area contributed by atoms with Crippen molar-refractivity contribution < 1.29 is 39.3 Å². The van der Waals surface area contributed by atoms with Gasteiger partial charge in [-0.1, -0.05) is 0 Å². The van der Waals surface area contributed by atoms with Gasteiger partial charge < -0.3 is 37.4 Å². The van der Waals surface area contributed by atoms with E-state index in [1.54, 1.807) is 0 Å². The Hall–Kier alpha value is -2.97. The minimum atomic E-state index is -1.64. The molecule has 14 heteroatoms. The van der Waals surface area contributed by atoms with Crippen LogP contribution >= 0.6 is 0 Å². The van der Waals surface area contributed by atoms with Gasteiger partial charge >= 0.3 is 12.0 Å². The molecular formula is C13H24N6O8. The molecule has 4 atom stereocenters. The van der Waals surface area contributed by atoms with Gasteiger partial charge in [0.25, 0.3) is 11.8 Å². The molecule has 0 spiro atoms. The van der Waals surface area contributed by atoms with E-state index in [2.05, 4.69) is 5.43 Å². The Balaban J connectivity index is 5.05. The molecule has 0 aromatic carbocycles. The lowest BCUT2D eigenvalue weighted by molar-refractivity contribution is -0.143. The molecule has 27 heavy (non-hydrogen) atoms. The number of carbonyl (C=O) groups is 5. The van der Waals surface area contributed by atoms with Crippen LogP contribution < -0.4 is 27.5 Å². The summed E-state index contributed by atoms with van der Waals surface area (Å²) in [5.41, 5.74) is 12.5. The summed E-state index contributed by atoms with van der Waals surface area (Å²) in [6.45, 7) is 0.351. The van der Waals surface area contributed by atoms with Gasteiger partial charge in [-0.15, -0.1) is 0 Å². The minimum absolute atomic E-state index is 0.654. The van der Waals surface area contributed by atoms with Gasteiger partial charge in [0, 0.05) is 7.05 Å². The van der Waals surface area contributed by atoms with Crippen LogP contribution in [0.2, 0.25) is 0 Å². The van der Waals surface area contributed by atoms with Gasteiger partial charge in [0.15, 0.2) is 6.04 Å². The molecule has 0 aliphatic rings. The van der Waals surface area contributed by atoms with Crippen LogP contribution in [0.1, 0.15) is 13.3 Å². The smallest absolute Gasteiger partial charge is 0.328 e. The lowest BCUT2D eigenvalue weighted by Gasteiger charge is -2.26. The lowest BCUT2D eigenvalue weighted by atomic mass is 10.2. The van der Waals surface area contributed by atoms with Crippen molar-refractivity contribution in [3.8, 4) is 0 Å². The third kappa shape index (κ3) is 8.30. The fraction of sp³-hybridized carbons (Fsp3) is 0.615. The number of carboxylic acids is 1. The molecule has 0 fully saturated rings. The van der Waals surface area contributed by atoms with Gasteiger partial charge in [0.1, 0.15) is 12.1 Å². The van der Waals surface area contributed by atoms with E-state index >= 15 is 0 Å². The maximum Gasteiger partial charge on any atom is 0.328 e. The number of hydrazine groups is 1. The first-order valence-electron chi connectivity index (χ1n) is 7.61. The number of nitrogens with one attached hydrogen (secondary N) is 3. The van der Waals surface area contributed by atoms with Crippen LogP contribution in [0.15, 0.2) is 0 Å². The summed E-state index contributed by atoms with van der Waals surface area (Å²) in [5.74, 6) is -4.39. The van der Waals surface area contributed by atoms with Crippen molar-refractivity contribution in [3.05, 3.63) is 0 Å². The van der Waals surface area contributed by atoms with Gasteiger partial charge in [-0.05, 0) is 6.92 Å². The first-order chi connectivity index (χ1) is 12.4. The van der Waals surface area contributed by atoms with E-state index in [1.165, 1.54) is 6.92 Å². The van der Waals surface area contributed by atoms with Gasteiger partial charge in [-0.25, -0.2) is 9.59 Å². The topological polar surface area (TPSA) is 237 Å².